The number of pyridine rings is 1. The zero-order valence-electron chi connectivity index (χ0n) is 14.4. The van der Waals surface area contributed by atoms with Gasteiger partial charge in [-0.25, -0.2) is 4.98 Å². The third kappa shape index (κ3) is 3.79. The summed E-state index contributed by atoms with van der Waals surface area (Å²) in [5.74, 6) is 0.755. The van der Waals surface area contributed by atoms with Gasteiger partial charge >= 0.3 is 0 Å². The van der Waals surface area contributed by atoms with Crippen molar-refractivity contribution in [3.63, 3.8) is 0 Å². The zero-order valence-corrected chi connectivity index (χ0v) is 14.4. The van der Waals surface area contributed by atoms with Gasteiger partial charge in [0.1, 0.15) is 5.82 Å². The molecule has 0 aliphatic carbocycles. The van der Waals surface area contributed by atoms with Crippen molar-refractivity contribution in [3.8, 4) is 0 Å². The Kier molecular flexibility index (Phi) is 4.97. The molecule has 1 fully saturated rings. The fourth-order valence-corrected chi connectivity index (χ4v) is 3.01. The third-order valence-electron chi connectivity index (χ3n) is 4.52. The minimum Gasteiger partial charge on any atom is -0.373 e. The highest BCUT2D eigenvalue weighted by atomic mass is 16.2. The van der Waals surface area contributed by atoms with Gasteiger partial charge in [0.25, 0.3) is 11.8 Å². The molecule has 1 aromatic heterocycles. The number of hydrogen-bond donors (Lipinski definition) is 2. The van der Waals surface area contributed by atoms with Crippen molar-refractivity contribution in [2.24, 2.45) is 5.92 Å². The molecule has 6 heteroatoms. The van der Waals surface area contributed by atoms with Crippen molar-refractivity contribution >= 4 is 17.6 Å². The van der Waals surface area contributed by atoms with Gasteiger partial charge in [0.2, 0.25) is 0 Å². The van der Waals surface area contributed by atoms with Gasteiger partial charge in [-0.1, -0.05) is 25.1 Å². The first kappa shape index (κ1) is 17.0. The number of nitrogens with zero attached hydrogens (tertiary/aromatic N) is 2. The van der Waals surface area contributed by atoms with E-state index in [2.05, 4.69) is 15.6 Å². The second kappa shape index (κ2) is 7.34. The lowest BCUT2D eigenvalue weighted by atomic mass is 10.1. The lowest BCUT2D eigenvalue weighted by Gasteiger charge is -2.17. The number of anilines is 1. The zero-order chi connectivity index (χ0) is 17.8. The van der Waals surface area contributed by atoms with Crippen molar-refractivity contribution in [1.82, 2.24) is 15.2 Å². The van der Waals surface area contributed by atoms with Crippen LogP contribution in [0.4, 0.5) is 5.82 Å². The minimum absolute atomic E-state index is 0.0544. The lowest BCUT2D eigenvalue weighted by Crippen LogP contribution is -2.40. The maximum absolute atomic E-state index is 12.6. The van der Waals surface area contributed by atoms with E-state index in [1.165, 1.54) is 0 Å². The summed E-state index contributed by atoms with van der Waals surface area (Å²) in [5, 5.41) is 5.97. The molecule has 0 spiro atoms. The van der Waals surface area contributed by atoms with Crippen molar-refractivity contribution in [2.45, 2.75) is 13.0 Å². The first-order valence-corrected chi connectivity index (χ1v) is 8.37. The van der Waals surface area contributed by atoms with Crippen molar-refractivity contribution in [3.05, 3.63) is 59.8 Å². The molecule has 0 radical (unpaired) electrons. The predicted octanol–water partition coefficient (Wildman–Crippen LogP) is 2.01. The highest BCUT2D eigenvalue weighted by molar-refractivity contribution is 5.95. The Bertz CT molecular complexity index is 746. The molecule has 1 aliphatic heterocycles. The molecule has 3 rings (SSSR count). The summed E-state index contributed by atoms with van der Waals surface area (Å²) in [6, 6.07) is 12.6. The summed E-state index contributed by atoms with van der Waals surface area (Å²) >= 11 is 0. The molecule has 1 saturated heterocycles. The van der Waals surface area contributed by atoms with Gasteiger partial charge in [-0.2, -0.15) is 0 Å². The number of benzene rings is 1. The lowest BCUT2D eigenvalue weighted by molar-refractivity contribution is 0.0781. The number of nitrogens with one attached hydrogen (secondary N) is 2. The molecule has 0 unspecified atom stereocenters. The van der Waals surface area contributed by atoms with Gasteiger partial charge in [-0.05, 0) is 30.2 Å². The molecule has 2 heterocycles. The standard InChI is InChI=1S/C19H22N4O2/c1-13-11-23(19(25)15-8-9-17(20-2)21-10-15)12-16(13)22-18(24)14-6-4-3-5-7-14/h3-10,13,16H,11-12H2,1-2H3,(H,20,21)(H,22,24)/t13-,16+/m0/s1. The van der Waals surface area contributed by atoms with Crippen molar-refractivity contribution in [1.29, 1.82) is 0 Å². The molecule has 2 N–H and O–H groups in total. The Hall–Kier alpha value is -2.89. The summed E-state index contributed by atoms with van der Waals surface area (Å²) in [5.41, 5.74) is 1.19. The number of hydrogen-bond acceptors (Lipinski definition) is 4. The quantitative estimate of drug-likeness (QED) is 0.894. The highest BCUT2D eigenvalue weighted by Crippen LogP contribution is 2.20. The van der Waals surface area contributed by atoms with Gasteiger partial charge in [0.05, 0.1) is 11.6 Å². The van der Waals surface area contributed by atoms with Crippen molar-refractivity contribution < 1.29 is 9.59 Å². The summed E-state index contributed by atoms with van der Waals surface area (Å²) in [7, 11) is 1.78. The fourth-order valence-electron chi connectivity index (χ4n) is 3.01. The van der Waals surface area contributed by atoms with Gasteiger partial charge in [0, 0.05) is 31.9 Å². The van der Waals surface area contributed by atoms with E-state index >= 15 is 0 Å². The van der Waals surface area contributed by atoms with Crippen LogP contribution in [0.5, 0.6) is 0 Å². The van der Waals surface area contributed by atoms with Gasteiger partial charge in [-0.3, -0.25) is 9.59 Å². The van der Waals surface area contributed by atoms with Crippen LogP contribution in [0.15, 0.2) is 48.7 Å². The van der Waals surface area contributed by atoms with E-state index in [0.717, 1.165) is 5.82 Å². The number of carbonyl (C=O) groups is 2. The van der Waals surface area contributed by atoms with Crippen LogP contribution in [-0.4, -0.2) is 47.9 Å². The summed E-state index contributed by atoms with van der Waals surface area (Å²) in [6.45, 7) is 3.17. The molecular formula is C19H22N4O2. The van der Waals surface area contributed by atoms with Gasteiger partial charge in [0.15, 0.2) is 0 Å². The van der Waals surface area contributed by atoms with Crippen LogP contribution in [0.1, 0.15) is 27.6 Å². The molecule has 2 amide bonds. The number of carbonyl (C=O) groups excluding carboxylic acids is 2. The topological polar surface area (TPSA) is 74.3 Å². The number of amides is 2. The van der Waals surface area contributed by atoms with Crippen LogP contribution < -0.4 is 10.6 Å². The molecule has 6 nitrogen and oxygen atoms in total. The van der Waals surface area contributed by atoms with E-state index < -0.39 is 0 Å². The van der Waals surface area contributed by atoms with E-state index in [0.29, 0.717) is 24.2 Å². The van der Waals surface area contributed by atoms with E-state index in [9.17, 15) is 9.59 Å². The second-order valence-electron chi connectivity index (χ2n) is 6.32. The minimum atomic E-state index is -0.105. The molecule has 1 aliphatic rings. The van der Waals surface area contributed by atoms with E-state index in [4.69, 9.17) is 0 Å². The van der Waals surface area contributed by atoms with Crippen LogP contribution in [0.25, 0.3) is 0 Å². The molecule has 2 atom stereocenters. The van der Waals surface area contributed by atoms with Crippen LogP contribution in [-0.2, 0) is 0 Å². The largest absolute Gasteiger partial charge is 0.373 e. The van der Waals surface area contributed by atoms with Crippen LogP contribution in [0, 0.1) is 5.92 Å². The molecule has 25 heavy (non-hydrogen) atoms. The molecule has 0 saturated carbocycles. The number of likely N-dealkylation sites (tertiary alicyclic amines) is 1. The van der Waals surface area contributed by atoms with Crippen LogP contribution >= 0.6 is 0 Å². The van der Waals surface area contributed by atoms with E-state index in [1.807, 2.05) is 25.1 Å². The maximum Gasteiger partial charge on any atom is 0.255 e. The summed E-state index contributed by atoms with van der Waals surface area (Å²) < 4.78 is 0. The van der Waals surface area contributed by atoms with Crippen molar-refractivity contribution in [2.75, 3.05) is 25.5 Å². The molecule has 130 valence electrons. The average molecular weight is 338 g/mol. The number of aromatic nitrogens is 1. The maximum atomic E-state index is 12.6. The Morgan fingerprint density at radius 3 is 2.48 bits per heavy atom. The Labute approximate surface area is 147 Å². The van der Waals surface area contributed by atoms with Gasteiger partial charge in [-0.15, -0.1) is 0 Å². The Morgan fingerprint density at radius 2 is 1.84 bits per heavy atom. The van der Waals surface area contributed by atoms with Crippen LogP contribution in [0.2, 0.25) is 0 Å². The fraction of sp³-hybridized carbons (Fsp3) is 0.316. The molecule has 2 aromatic rings. The van der Waals surface area contributed by atoms with Gasteiger partial charge < -0.3 is 15.5 Å². The third-order valence-corrected chi connectivity index (χ3v) is 4.52. The monoisotopic (exact) mass is 338 g/mol. The van der Waals surface area contributed by atoms with Crippen LogP contribution in [0.3, 0.4) is 0 Å². The SMILES string of the molecule is CNc1ccc(C(=O)N2C[C@H](C)[C@H](NC(=O)c3ccccc3)C2)cn1. The second-order valence-corrected chi connectivity index (χ2v) is 6.32. The smallest absolute Gasteiger partial charge is 0.255 e. The molecule has 1 aromatic carbocycles. The summed E-state index contributed by atoms with van der Waals surface area (Å²) in [6.07, 6.45) is 1.58. The first-order chi connectivity index (χ1) is 12.1. The predicted molar refractivity (Wildman–Crippen MR) is 96.5 cm³/mol. The normalized spacial score (nSPS) is 19.5. The van der Waals surface area contributed by atoms with E-state index in [1.54, 1.807) is 42.4 Å². The number of rotatable bonds is 4. The average Bonchev–Trinajstić information content (AvgIpc) is 3.02. The molecular weight excluding hydrogens is 316 g/mol. The van der Waals surface area contributed by atoms with E-state index in [-0.39, 0.29) is 23.8 Å². The Balaban J connectivity index is 1.64. The summed E-state index contributed by atoms with van der Waals surface area (Å²) in [4.78, 5) is 30.9. The highest BCUT2D eigenvalue weighted by Gasteiger charge is 2.34. The molecule has 0 bridgehead atoms. The Morgan fingerprint density at radius 1 is 1.08 bits per heavy atom. The first-order valence-electron chi connectivity index (χ1n) is 8.37.